The number of hydrogen-bond donors (Lipinski definition) is 3. The molecule has 0 bridgehead atoms. The van der Waals surface area contributed by atoms with Crippen LogP contribution in [0.4, 0.5) is 11.4 Å². The Morgan fingerprint density at radius 3 is 2.84 bits per heavy atom. The van der Waals surface area contributed by atoms with Gasteiger partial charge in [-0.2, -0.15) is 0 Å². The van der Waals surface area contributed by atoms with Crippen molar-refractivity contribution < 1.29 is 4.79 Å². The molecule has 0 saturated heterocycles. The number of nitrogens with one attached hydrogen (secondary N) is 3. The first-order chi connectivity index (χ1) is 9.20. The Balaban J connectivity index is 2.08. The monoisotopic (exact) mass is 258 g/mol. The second-order valence-corrected chi connectivity index (χ2v) is 4.31. The van der Waals surface area contributed by atoms with E-state index in [-0.39, 0.29) is 5.91 Å². The van der Waals surface area contributed by atoms with Crippen molar-refractivity contribution in [1.29, 1.82) is 0 Å². The van der Waals surface area contributed by atoms with Crippen molar-refractivity contribution in [2.24, 2.45) is 0 Å². The molecule has 1 aromatic carbocycles. The number of imidazole rings is 1. The summed E-state index contributed by atoms with van der Waals surface area (Å²) < 4.78 is 0. The van der Waals surface area contributed by atoms with E-state index >= 15 is 0 Å². The van der Waals surface area contributed by atoms with Crippen LogP contribution >= 0.6 is 0 Å². The number of aromatic amines is 1. The van der Waals surface area contributed by atoms with Gasteiger partial charge in [0.2, 0.25) is 5.91 Å². The quantitative estimate of drug-likeness (QED) is 0.772. The molecule has 100 valence electrons. The van der Waals surface area contributed by atoms with Crippen LogP contribution in [-0.4, -0.2) is 15.9 Å². The van der Waals surface area contributed by atoms with Crippen LogP contribution in [0.25, 0.3) is 0 Å². The third-order valence-corrected chi connectivity index (χ3v) is 2.95. The predicted octanol–water partition coefficient (Wildman–Crippen LogP) is 2.68. The van der Waals surface area contributed by atoms with Crippen molar-refractivity contribution in [2.75, 3.05) is 10.6 Å². The molecule has 0 spiro atoms. The normalized spacial score (nSPS) is 10.2. The van der Waals surface area contributed by atoms with Gasteiger partial charge in [-0.25, -0.2) is 4.98 Å². The fourth-order valence-electron chi connectivity index (χ4n) is 1.77. The molecular weight excluding hydrogens is 240 g/mol. The van der Waals surface area contributed by atoms with Crippen LogP contribution in [0.1, 0.15) is 24.6 Å². The summed E-state index contributed by atoms with van der Waals surface area (Å²) in [5.74, 6) is 0.0221. The minimum absolute atomic E-state index is 0.0221. The lowest BCUT2D eigenvalue weighted by atomic mass is 10.1. The lowest BCUT2D eigenvalue weighted by molar-refractivity contribution is -0.115. The lowest BCUT2D eigenvalue weighted by Crippen LogP contribution is -2.11. The van der Waals surface area contributed by atoms with E-state index in [0.29, 0.717) is 13.0 Å². The van der Waals surface area contributed by atoms with Gasteiger partial charge in [-0.05, 0) is 24.6 Å². The molecule has 5 heteroatoms. The number of nitrogens with zero attached hydrogens (tertiary/aromatic N) is 1. The zero-order valence-corrected chi connectivity index (χ0v) is 11.2. The fourth-order valence-corrected chi connectivity index (χ4v) is 1.77. The molecular formula is C14H18N4O. The van der Waals surface area contributed by atoms with Gasteiger partial charge in [-0.1, -0.05) is 13.0 Å². The average Bonchev–Trinajstić information content (AvgIpc) is 2.93. The second-order valence-electron chi connectivity index (χ2n) is 4.31. The highest BCUT2D eigenvalue weighted by Crippen LogP contribution is 2.23. The molecule has 0 aliphatic heterocycles. The Labute approximate surface area is 112 Å². The van der Waals surface area contributed by atoms with Gasteiger partial charge >= 0.3 is 0 Å². The maximum Gasteiger partial charge on any atom is 0.224 e. The van der Waals surface area contributed by atoms with Crippen LogP contribution in [-0.2, 0) is 11.3 Å². The van der Waals surface area contributed by atoms with Crippen LogP contribution in [0.3, 0.4) is 0 Å². The molecule has 2 rings (SSSR count). The second kappa shape index (κ2) is 6.04. The summed E-state index contributed by atoms with van der Waals surface area (Å²) in [5, 5.41) is 6.22. The lowest BCUT2D eigenvalue weighted by Gasteiger charge is -2.13. The van der Waals surface area contributed by atoms with Crippen LogP contribution in [0.2, 0.25) is 0 Å². The first kappa shape index (κ1) is 13.1. The molecule has 1 amide bonds. The molecule has 0 aliphatic carbocycles. The standard InChI is InChI=1S/C14H18N4O/c1-3-14(19)18-13-6-4-5-12(10(13)2)16-8-11-7-15-9-17-11/h4-7,9,16H,3,8H2,1-2H3,(H,15,17)(H,18,19). The summed E-state index contributed by atoms with van der Waals surface area (Å²) in [7, 11) is 0. The number of rotatable bonds is 5. The summed E-state index contributed by atoms with van der Waals surface area (Å²) in [6.07, 6.45) is 3.91. The third kappa shape index (κ3) is 3.34. The van der Waals surface area contributed by atoms with Crippen molar-refractivity contribution in [3.63, 3.8) is 0 Å². The van der Waals surface area contributed by atoms with Gasteiger partial charge in [0.25, 0.3) is 0 Å². The molecule has 0 aliphatic rings. The summed E-state index contributed by atoms with van der Waals surface area (Å²) in [6, 6.07) is 5.82. The summed E-state index contributed by atoms with van der Waals surface area (Å²) >= 11 is 0. The Morgan fingerprint density at radius 1 is 1.37 bits per heavy atom. The Bertz CT molecular complexity index is 549. The number of benzene rings is 1. The van der Waals surface area contributed by atoms with Gasteiger partial charge in [0.1, 0.15) is 0 Å². The number of hydrogen-bond acceptors (Lipinski definition) is 3. The SMILES string of the molecule is CCC(=O)Nc1cccc(NCc2cnc[nH]2)c1C. The predicted molar refractivity (Wildman–Crippen MR) is 76.0 cm³/mol. The Hall–Kier alpha value is -2.30. The number of aromatic nitrogens is 2. The topological polar surface area (TPSA) is 69.8 Å². The zero-order chi connectivity index (χ0) is 13.7. The number of H-pyrrole nitrogens is 1. The molecule has 1 heterocycles. The average molecular weight is 258 g/mol. The van der Waals surface area contributed by atoms with Gasteiger partial charge in [0.15, 0.2) is 0 Å². The highest BCUT2D eigenvalue weighted by molar-refractivity contribution is 5.92. The smallest absolute Gasteiger partial charge is 0.224 e. The number of carbonyl (C=O) groups excluding carboxylic acids is 1. The van der Waals surface area contributed by atoms with E-state index in [0.717, 1.165) is 22.6 Å². The maximum atomic E-state index is 11.4. The van der Waals surface area contributed by atoms with Gasteiger partial charge in [-0.15, -0.1) is 0 Å². The Kier molecular flexibility index (Phi) is 4.18. The highest BCUT2D eigenvalue weighted by atomic mass is 16.1. The van der Waals surface area contributed by atoms with Crippen molar-refractivity contribution in [1.82, 2.24) is 9.97 Å². The molecule has 0 radical (unpaired) electrons. The van der Waals surface area contributed by atoms with Crippen LogP contribution in [0.5, 0.6) is 0 Å². The van der Waals surface area contributed by atoms with Crippen LogP contribution in [0.15, 0.2) is 30.7 Å². The van der Waals surface area contributed by atoms with E-state index < -0.39 is 0 Å². The van der Waals surface area contributed by atoms with E-state index in [1.54, 1.807) is 12.5 Å². The van der Waals surface area contributed by atoms with Crippen molar-refractivity contribution in [3.05, 3.63) is 42.0 Å². The van der Waals surface area contributed by atoms with Gasteiger partial charge in [0, 0.05) is 24.0 Å². The van der Waals surface area contributed by atoms with E-state index in [4.69, 9.17) is 0 Å². The molecule has 19 heavy (non-hydrogen) atoms. The molecule has 5 nitrogen and oxygen atoms in total. The van der Waals surface area contributed by atoms with Crippen molar-refractivity contribution in [2.45, 2.75) is 26.8 Å². The fraction of sp³-hybridized carbons (Fsp3) is 0.286. The van der Waals surface area contributed by atoms with Crippen molar-refractivity contribution >= 4 is 17.3 Å². The third-order valence-electron chi connectivity index (χ3n) is 2.95. The van der Waals surface area contributed by atoms with Gasteiger partial charge in [-0.3, -0.25) is 4.79 Å². The van der Waals surface area contributed by atoms with E-state index in [2.05, 4.69) is 20.6 Å². The highest BCUT2D eigenvalue weighted by Gasteiger charge is 2.06. The minimum Gasteiger partial charge on any atom is -0.379 e. The summed E-state index contributed by atoms with van der Waals surface area (Å²) in [6.45, 7) is 4.50. The number of anilines is 2. The molecule has 0 unspecified atom stereocenters. The van der Waals surface area contributed by atoms with Crippen LogP contribution in [0, 0.1) is 6.92 Å². The van der Waals surface area contributed by atoms with Gasteiger partial charge in [0.05, 0.1) is 18.6 Å². The van der Waals surface area contributed by atoms with E-state index in [1.807, 2.05) is 32.0 Å². The molecule has 0 saturated carbocycles. The number of carbonyl (C=O) groups is 1. The minimum atomic E-state index is 0.0221. The first-order valence-electron chi connectivity index (χ1n) is 6.31. The van der Waals surface area contributed by atoms with Gasteiger partial charge < -0.3 is 15.6 Å². The molecule has 2 aromatic rings. The molecule has 1 aromatic heterocycles. The Morgan fingerprint density at radius 2 is 2.16 bits per heavy atom. The molecule has 0 atom stereocenters. The van der Waals surface area contributed by atoms with Crippen LogP contribution < -0.4 is 10.6 Å². The number of amides is 1. The largest absolute Gasteiger partial charge is 0.379 e. The summed E-state index contributed by atoms with van der Waals surface area (Å²) in [4.78, 5) is 18.5. The first-order valence-corrected chi connectivity index (χ1v) is 6.31. The van der Waals surface area contributed by atoms with E-state index in [9.17, 15) is 4.79 Å². The van der Waals surface area contributed by atoms with E-state index in [1.165, 1.54) is 0 Å². The zero-order valence-electron chi connectivity index (χ0n) is 11.2. The summed E-state index contributed by atoms with van der Waals surface area (Å²) in [5.41, 5.74) is 3.90. The molecule has 0 fully saturated rings. The maximum absolute atomic E-state index is 11.4. The molecule has 3 N–H and O–H groups in total. The van der Waals surface area contributed by atoms with Crippen molar-refractivity contribution in [3.8, 4) is 0 Å².